The highest BCUT2D eigenvalue weighted by atomic mass is 16.5. The molecule has 21 heavy (non-hydrogen) atoms. The summed E-state index contributed by atoms with van der Waals surface area (Å²) in [4.78, 5) is 6.68. The van der Waals surface area contributed by atoms with Gasteiger partial charge in [0.15, 0.2) is 0 Å². The number of H-pyrrole nitrogens is 1. The number of aromatic amines is 1. The lowest BCUT2D eigenvalue weighted by Crippen LogP contribution is -1.97. The average Bonchev–Trinajstić information content (AvgIpc) is 2.89. The number of aryl methyl sites for hydroxylation is 1. The maximum absolute atomic E-state index is 6.73. The van der Waals surface area contributed by atoms with Crippen molar-refractivity contribution in [2.24, 2.45) is 0 Å². The Balaban J connectivity index is 1.82. The van der Waals surface area contributed by atoms with E-state index >= 15 is 0 Å². The van der Waals surface area contributed by atoms with Crippen LogP contribution in [0.2, 0.25) is 0 Å². The van der Waals surface area contributed by atoms with Gasteiger partial charge in [-0.25, -0.2) is 6.57 Å². The van der Waals surface area contributed by atoms with Gasteiger partial charge in [0.25, 0.3) is 0 Å². The predicted molar refractivity (Wildman–Crippen MR) is 87.7 cm³/mol. The number of fused-ring (bicyclic) bond motifs is 1. The fourth-order valence-electron chi connectivity index (χ4n) is 2.56. The van der Waals surface area contributed by atoms with E-state index in [0.29, 0.717) is 6.54 Å². The van der Waals surface area contributed by atoms with Crippen molar-refractivity contribution in [1.29, 1.82) is 0 Å². The van der Waals surface area contributed by atoms with E-state index in [1.807, 2.05) is 6.07 Å². The van der Waals surface area contributed by atoms with Gasteiger partial charge in [-0.15, -0.1) is 0 Å². The maximum Gasteiger partial charge on any atom is 0.214 e. The zero-order valence-corrected chi connectivity index (χ0v) is 12.8. The zero-order valence-electron chi connectivity index (χ0n) is 12.8. The van der Waals surface area contributed by atoms with Gasteiger partial charge in [0.2, 0.25) is 6.54 Å². The van der Waals surface area contributed by atoms with Crippen LogP contribution >= 0.6 is 0 Å². The molecule has 0 aliphatic rings. The van der Waals surface area contributed by atoms with Crippen molar-refractivity contribution < 1.29 is 4.74 Å². The fraction of sp³-hybridized carbons (Fsp3) is 0.500. The van der Waals surface area contributed by atoms with Crippen molar-refractivity contribution in [3.05, 3.63) is 41.4 Å². The van der Waals surface area contributed by atoms with E-state index in [9.17, 15) is 0 Å². The molecule has 0 unspecified atom stereocenters. The first-order valence-corrected chi connectivity index (χ1v) is 7.91. The quantitative estimate of drug-likeness (QED) is 0.511. The zero-order chi connectivity index (χ0) is 14.9. The van der Waals surface area contributed by atoms with Crippen LogP contribution in [0.15, 0.2) is 24.4 Å². The average molecular weight is 284 g/mol. The third-order valence-electron chi connectivity index (χ3n) is 3.69. The molecule has 0 fully saturated rings. The normalized spacial score (nSPS) is 10.7. The molecule has 0 radical (unpaired) electrons. The van der Waals surface area contributed by atoms with Gasteiger partial charge >= 0.3 is 0 Å². The third kappa shape index (κ3) is 4.53. The largest absolute Gasteiger partial charge is 0.494 e. The molecule has 3 heteroatoms. The number of benzene rings is 1. The highest BCUT2D eigenvalue weighted by Crippen LogP contribution is 2.24. The number of unbranched alkanes of at least 4 members (excludes halogenated alkanes) is 3. The number of hydrogen-bond donors (Lipinski definition) is 1. The number of rotatable bonds is 9. The molecule has 1 heterocycles. The van der Waals surface area contributed by atoms with Crippen molar-refractivity contribution in [3.63, 3.8) is 0 Å². The minimum absolute atomic E-state index is 0.658. The molecule has 0 aliphatic heterocycles. The molecule has 1 aromatic heterocycles. The monoisotopic (exact) mass is 284 g/mol. The van der Waals surface area contributed by atoms with E-state index in [4.69, 9.17) is 11.3 Å². The first kappa shape index (κ1) is 15.4. The van der Waals surface area contributed by atoms with Crippen LogP contribution in [-0.4, -0.2) is 18.1 Å². The smallest absolute Gasteiger partial charge is 0.214 e. The molecular weight excluding hydrogens is 260 g/mol. The summed E-state index contributed by atoms with van der Waals surface area (Å²) in [6.45, 7) is 10.3. The van der Waals surface area contributed by atoms with E-state index in [-0.39, 0.29) is 0 Å². The van der Waals surface area contributed by atoms with Gasteiger partial charge in [-0.05, 0) is 49.4 Å². The van der Waals surface area contributed by atoms with E-state index in [1.165, 1.54) is 16.5 Å². The standard InChI is InChI=1S/C18H24N2O/c1-3-8-15-14-20-18-10-9-16(13-17(15)18)21-12-7-5-4-6-11-19-2/h9-10,13-14,20H,3-8,11-12H2,1H3. The Kier molecular flexibility index (Phi) is 6.15. The summed E-state index contributed by atoms with van der Waals surface area (Å²) in [5, 5.41) is 1.28. The lowest BCUT2D eigenvalue weighted by molar-refractivity contribution is 0.305. The molecule has 0 spiro atoms. The van der Waals surface area contributed by atoms with Gasteiger partial charge in [0.05, 0.1) is 6.61 Å². The molecule has 2 rings (SSSR count). The summed E-state index contributed by atoms with van der Waals surface area (Å²) in [5.74, 6) is 0.959. The van der Waals surface area contributed by atoms with Crippen LogP contribution in [0, 0.1) is 6.57 Å². The number of nitrogens with one attached hydrogen (secondary N) is 1. The van der Waals surface area contributed by atoms with Gasteiger partial charge in [0.1, 0.15) is 5.75 Å². The van der Waals surface area contributed by atoms with Crippen LogP contribution in [0.5, 0.6) is 5.75 Å². The Hall–Kier alpha value is -1.95. The minimum Gasteiger partial charge on any atom is -0.494 e. The Bertz CT molecular complexity index is 595. The molecule has 2 aromatic rings. The van der Waals surface area contributed by atoms with Crippen LogP contribution in [-0.2, 0) is 6.42 Å². The summed E-state index contributed by atoms with van der Waals surface area (Å²) in [7, 11) is 0. The Morgan fingerprint density at radius 1 is 1.19 bits per heavy atom. The van der Waals surface area contributed by atoms with E-state index < -0.39 is 0 Å². The molecule has 0 aliphatic carbocycles. The molecule has 0 saturated carbocycles. The molecular formula is C18H24N2O. The molecule has 1 N–H and O–H groups in total. The van der Waals surface area contributed by atoms with Gasteiger partial charge < -0.3 is 14.6 Å². The first-order valence-electron chi connectivity index (χ1n) is 7.91. The SMILES string of the molecule is [C-]#[N+]CCCCCCOc1ccc2[nH]cc(CCC)c2c1. The van der Waals surface area contributed by atoms with Crippen molar-refractivity contribution in [3.8, 4) is 5.75 Å². The van der Waals surface area contributed by atoms with E-state index in [2.05, 4.69) is 35.1 Å². The van der Waals surface area contributed by atoms with Gasteiger partial charge in [-0.2, -0.15) is 0 Å². The highest BCUT2D eigenvalue weighted by Gasteiger charge is 2.04. The van der Waals surface area contributed by atoms with Crippen molar-refractivity contribution in [2.75, 3.05) is 13.2 Å². The summed E-state index contributed by atoms with van der Waals surface area (Å²) < 4.78 is 5.85. The Morgan fingerprint density at radius 2 is 2.05 bits per heavy atom. The number of nitrogens with zero attached hydrogens (tertiary/aromatic N) is 1. The van der Waals surface area contributed by atoms with Crippen LogP contribution < -0.4 is 4.74 Å². The van der Waals surface area contributed by atoms with Crippen molar-refractivity contribution >= 4 is 10.9 Å². The summed E-state index contributed by atoms with van der Waals surface area (Å²) >= 11 is 0. The topological polar surface area (TPSA) is 29.4 Å². The Morgan fingerprint density at radius 3 is 2.86 bits per heavy atom. The molecule has 0 amide bonds. The second-order valence-corrected chi connectivity index (χ2v) is 5.42. The van der Waals surface area contributed by atoms with Crippen LogP contribution in [0.1, 0.15) is 44.6 Å². The molecule has 1 aromatic carbocycles. The first-order chi connectivity index (χ1) is 10.3. The fourth-order valence-corrected chi connectivity index (χ4v) is 2.56. The predicted octanol–water partition coefficient (Wildman–Crippen LogP) is 4.98. The molecule has 0 atom stereocenters. The molecule has 112 valence electrons. The molecule has 0 bridgehead atoms. The summed E-state index contributed by atoms with van der Waals surface area (Å²) in [6, 6.07) is 6.28. The highest BCUT2D eigenvalue weighted by molar-refractivity contribution is 5.84. The third-order valence-corrected chi connectivity index (χ3v) is 3.69. The van der Waals surface area contributed by atoms with Crippen molar-refractivity contribution in [2.45, 2.75) is 45.4 Å². The van der Waals surface area contributed by atoms with E-state index in [1.54, 1.807) is 0 Å². The summed E-state index contributed by atoms with van der Waals surface area (Å²) in [5.41, 5.74) is 2.56. The number of aromatic nitrogens is 1. The van der Waals surface area contributed by atoms with Crippen LogP contribution in [0.3, 0.4) is 0 Å². The van der Waals surface area contributed by atoms with Gasteiger partial charge in [-0.3, -0.25) is 0 Å². The lowest BCUT2D eigenvalue weighted by Gasteiger charge is -2.06. The Labute approximate surface area is 127 Å². The molecule has 0 saturated heterocycles. The van der Waals surface area contributed by atoms with Gasteiger partial charge in [-0.1, -0.05) is 13.3 Å². The number of ether oxygens (including phenoxy) is 1. The molecule has 3 nitrogen and oxygen atoms in total. The second kappa shape index (κ2) is 8.36. The van der Waals surface area contributed by atoms with Crippen LogP contribution in [0.4, 0.5) is 0 Å². The van der Waals surface area contributed by atoms with E-state index in [0.717, 1.165) is 50.9 Å². The lowest BCUT2D eigenvalue weighted by atomic mass is 10.1. The summed E-state index contributed by atoms with van der Waals surface area (Å²) in [6.07, 6.45) is 8.71. The van der Waals surface area contributed by atoms with Crippen molar-refractivity contribution in [1.82, 2.24) is 4.98 Å². The van der Waals surface area contributed by atoms with Crippen LogP contribution in [0.25, 0.3) is 15.7 Å². The van der Waals surface area contributed by atoms with Gasteiger partial charge in [0, 0.05) is 23.5 Å². The second-order valence-electron chi connectivity index (χ2n) is 5.42. The minimum atomic E-state index is 0.658. The number of hydrogen-bond acceptors (Lipinski definition) is 1. The maximum atomic E-state index is 6.73.